The van der Waals surface area contributed by atoms with Crippen molar-refractivity contribution in [3.8, 4) is 5.75 Å². The third-order valence-electron chi connectivity index (χ3n) is 2.91. The van der Waals surface area contributed by atoms with E-state index in [0.717, 1.165) is 0 Å². The lowest BCUT2D eigenvalue weighted by Crippen LogP contribution is -2.13. The Hall–Kier alpha value is -2.12. The summed E-state index contributed by atoms with van der Waals surface area (Å²) >= 11 is 9.37. The molecule has 0 saturated carbocycles. The van der Waals surface area contributed by atoms with Crippen LogP contribution in [0.2, 0.25) is 5.02 Å². The predicted octanol–water partition coefficient (Wildman–Crippen LogP) is 3.55. The molecule has 120 valence electrons. The number of esters is 1. The van der Waals surface area contributed by atoms with E-state index < -0.39 is 11.9 Å². The highest BCUT2D eigenvalue weighted by Gasteiger charge is 2.18. The van der Waals surface area contributed by atoms with Crippen LogP contribution in [0.3, 0.4) is 0 Å². The second-order valence-electron chi connectivity index (χ2n) is 4.37. The highest BCUT2D eigenvalue weighted by atomic mass is 79.9. The van der Waals surface area contributed by atoms with Crippen LogP contribution in [0.25, 0.3) is 0 Å². The fourth-order valence-corrected chi connectivity index (χ4v) is 2.39. The van der Waals surface area contributed by atoms with E-state index in [0.29, 0.717) is 15.7 Å². The molecule has 0 aliphatic carbocycles. The van der Waals surface area contributed by atoms with Gasteiger partial charge in [-0.3, -0.25) is 9.78 Å². The number of benzene rings is 1. The maximum absolute atomic E-state index is 12.2. The van der Waals surface area contributed by atoms with E-state index in [2.05, 4.69) is 31.0 Å². The number of anilines is 1. The van der Waals surface area contributed by atoms with Crippen molar-refractivity contribution < 1.29 is 19.1 Å². The summed E-state index contributed by atoms with van der Waals surface area (Å²) in [7, 11) is 2.66. The van der Waals surface area contributed by atoms with Gasteiger partial charge < -0.3 is 14.8 Å². The number of methoxy groups -OCH3 is 2. The molecular formula is C15H12BrClN2O4. The van der Waals surface area contributed by atoms with Gasteiger partial charge in [0.1, 0.15) is 11.3 Å². The Bertz CT molecular complexity index is 767. The molecule has 0 aliphatic rings. The van der Waals surface area contributed by atoms with E-state index in [1.54, 1.807) is 12.3 Å². The van der Waals surface area contributed by atoms with Crippen LogP contribution in [0.4, 0.5) is 5.69 Å². The Labute approximate surface area is 145 Å². The van der Waals surface area contributed by atoms with Crippen molar-refractivity contribution in [3.05, 3.63) is 51.2 Å². The van der Waals surface area contributed by atoms with E-state index >= 15 is 0 Å². The number of carbonyl (C=O) groups excluding carboxylic acids is 2. The van der Waals surface area contributed by atoms with Gasteiger partial charge in [0.2, 0.25) is 0 Å². The fourth-order valence-electron chi connectivity index (χ4n) is 1.82. The molecule has 0 spiro atoms. The van der Waals surface area contributed by atoms with Crippen LogP contribution in [-0.2, 0) is 4.74 Å². The van der Waals surface area contributed by atoms with E-state index in [1.165, 1.54) is 32.5 Å². The van der Waals surface area contributed by atoms with Crippen LogP contribution in [0.1, 0.15) is 20.7 Å². The first-order chi connectivity index (χ1) is 11.0. The summed E-state index contributed by atoms with van der Waals surface area (Å²) in [5.74, 6) is -0.740. The van der Waals surface area contributed by atoms with Gasteiger partial charge in [-0.05, 0) is 28.1 Å². The summed E-state index contributed by atoms with van der Waals surface area (Å²) in [5.41, 5.74) is 0.828. The molecule has 1 aromatic carbocycles. The molecule has 1 heterocycles. The molecule has 8 heteroatoms. The minimum atomic E-state index is -0.585. The predicted molar refractivity (Wildman–Crippen MR) is 89.2 cm³/mol. The van der Waals surface area contributed by atoms with Crippen LogP contribution >= 0.6 is 27.5 Å². The van der Waals surface area contributed by atoms with E-state index in [9.17, 15) is 9.59 Å². The minimum absolute atomic E-state index is 0.169. The third kappa shape index (κ3) is 4.00. The number of ether oxygens (including phenoxy) is 2. The van der Waals surface area contributed by atoms with Crippen LogP contribution in [0.5, 0.6) is 5.75 Å². The molecule has 1 N–H and O–H groups in total. The van der Waals surface area contributed by atoms with Gasteiger partial charge in [0.15, 0.2) is 0 Å². The SMILES string of the molecule is COC(=O)c1cc(Cl)c(NC(=O)c2cncc(Br)c2)cc1OC. The number of halogens is 2. The maximum atomic E-state index is 12.2. The van der Waals surface area contributed by atoms with Crippen LogP contribution < -0.4 is 10.1 Å². The zero-order chi connectivity index (χ0) is 17.0. The van der Waals surface area contributed by atoms with E-state index in [1.807, 2.05) is 0 Å². The number of carbonyl (C=O) groups is 2. The molecule has 2 rings (SSSR count). The van der Waals surface area contributed by atoms with Crippen molar-refractivity contribution in [3.63, 3.8) is 0 Å². The van der Waals surface area contributed by atoms with Gasteiger partial charge in [-0.25, -0.2) is 4.79 Å². The van der Waals surface area contributed by atoms with Crippen molar-refractivity contribution in [2.75, 3.05) is 19.5 Å². The minimum Gasteiger partial charge on any atom is -0.496 e. The summed E-state index contributed by atoms with van der Waals surface area (Å²) in [6, 6.07) is 4.45. The average molecular weight is 400 g/mol. The molecule has 0 fully saturated rings. The van der Waals surface area contributed by atoms with Crippen LogP contribution in [0, 0.1) is 0 Å². The first-order valence-electron chi connectivity index (χ1n) is 6.34. The van der Waals surface area contributed by atoms with Gasteiger partial charge in [-0.15, -0.1) is 0 Å². The smallest absolute Gasteiger partial charge is 0.341 e. The van der Waals surface area contributed by atoms with Crippen molar-refractivity contribution in [2.45, 2.75) is 0 Å². The Morgan fingerprint density at radius 1 is 1.22 bits per heavy atom. The molecule has 1 aromatic heterocycles. The maximum Gasteiger partial charge on any atom is 0.341 e. The number of nitrogens with one attached hydrogen (secondary N) is 1. The Morgan fingerprint density at radius 2 is 1.96 bits per heavy atom. The van der Waals surface area contributed by atoms with Crippen molar-refractivity contribution >= 4 is 45.1 Å². The Balaban J connectivity index is 2.33. The molecule has 2 aromatic rings. The Kier molecular flexibility index (Phi) is 5.57. The van der Waals surface area contributed by atoms with Crippen molar-refractivity contribution in [2.24, 2.45) is 0 Å². The van der Waals surface area contributed by atoms with Gasteiger partial charge in [0.25, 0.3) is 5.91 Å². The van der Waals surface area contributed by atoms with Gasteiger partial charge in [0, 0.05) is 22.9 Å². The standard InChI is InChI=1S/C15H12BrClN2O4/c1-22-13-5-12(11(17)4-10(13)15(21)23-2)19-14(20)8-3-9(16)7-18-6-8/h3-7H,1-2H3,(H,19,20). The van der Waals surface area contributed by atoms with Crippen molar-refractivity contribution in [1.82, 2.24) is 4.98 Å². The summed E-state index contributed by atoms with van der Waals surface area (Å²) in [5, 5.41) is 2.83. The number of hydrogen-bond donors (Lipinski definition) is 1. The number of hydrogen-bond acceptors (Lipinski definition) is 5. The van der Waals surface area contributed by atoms with Gasteiger partial charge in [0.05, 0.1) is 30.5 Å². The molecule has 0 atom stereocenters. The molecule has 0 saturated heterocycles. The van der Waals surface area contributed by atoms with Gasteiger partial charge in [-0.2, -0.15) is 0 Å². The number of aromatic nitrogens is 1. The highest BCUT2D eigenvalue weighted by Crippen LogP contribution is 2.31. The number of pyridine rings is 1. The molecule has 0 bridgehead atoms. The molecule has 6 nitrogen and oxygen atoms in total. The Morgan fingerprint density at radius 3 is 2.57 bits per heavy atom. The van der Waals surface area contributed by atoms with Gasteiger partial charge >= 0.3 is 5.97 Å². The number of rotatable bonds is 4. The third-order valence-corrected chi connectivity index (χ3v) is 3.66. The zero-order valence-corrected chi connectivity index (χ0v) is 14.6. The highest BCUT2D eigenvalue weighted by molar-refractivity contribution is 9.10. The monoisotopic (exact) mass is 398 g/mol. The first-order valence-corrected chi connectivity index (χ1v) is 7.51. The zero-order valence-electron chi connectivity index (χ0n) is 12.2. The summed E-state index contributed by atoms with van der Waals surface area (Å²) in [6.45, 7) is 0. The first kappa shape index (κ1) is 17.2. The molecule has 23 heavy (non-hydrogen) atoms. The fraction of sp³-hybridized carbons (Fsp3) is 0.133. The average Bonchev–Trinajstić information content (AvgIpc) is 2.55. The van der Waals surface area contributed by atoms with Gasteiger partial charge in [-0.1, -0.05) is 11.6 Å². The lowest BCUT2D eigenvalue weighted by molar-refractivity contribution is 0.0597. The summed E-state index contributed by atoms with van der Waals surface area (Å²) in [4.78, 5) is 27.8. The molecule has 0 radical (unpaired) electrons. The normalized spacial score (nSPS) is 10.1. The summed E-state index contributed by atoms with van der Waals surface area (Å²) in [6.07, 6.45) is 2.99. The molecule has 1 amide bonds. The lowest BCUT2D eigenvalue weighted by atomic mass is 10.1. The van der Waals surface area contributed by atoms with Crippen molar-refractivity contribution in [1.29, 1.82) is 0 Å². The largest absolute Gasteiger partial charge is 0.496 e. The molecule has 0 aliphatic heterocycles. The summed E-state index contributed by atoms with van der Waals surface area (Å²) < 4.78 is 10.5. The number of nitrogens with zero attached hydrogens (tertiary/aromatic N) is 1. The van der Waals surface area contributed by atoms with E-state index in [4.69, 9.17) is 16.3 Å². The molecule has 0 unspecified atom stereocenters. The van der Waals surface area contributed by atoms with E-state index in [-0.39, 0.29) is 16.3 Å². The topological polar surface area (TPSA) is 77.5 Å². The number of amides is 1. The lowest BCUT2D eigenvalue weighted by Gasteiger charge is -2.12. The second-order valence-corrected chi connectivity index (χ2v) is 5.69. The van der Waals surface area contributed by atoms with Crippen LogP contribution in [0.15, 0.2) is 35.1 Å². The molecular weight excluding hydrogens is 388 g/mol. The second kappa shape index (κ2) is 7.43. The quantitative estimate of drug-likeness (QED) is 0.796. The van der Waals surface area contributed by atoms with Crippen LogP contribution in [-0.4, -0.2) is 31.1 Å².